The summed E-state index contributed by atoms with van der Waals surface area (Å²) >= 11 is 0. The number of ether oxygens (including phenoxy) is 1. The zero-order valence-corrected chi connectivity index (χ0v) is 31.5. The zero-order valence-electron chi connectivity index (χ0n) is 30.7. The van der Waals surface area contributed by atoms with Crippen LogP contribution in [-0.2, 0) is 24.2 Å². The van der Waals surface area contributed by atoms with Crippen LogP contribution in [0.4, 0.5) is 27.8 Å². The van der Waals surface area contributed by atoms with Crippen molar-refractivity contribution in [1.29, 1.82) is 0 Å². The van der Waals surface area contributed by atoms with Gasteiger partial charge in [0.1, 0.15) is 5.82 Å². The highest BCUT2D eigenvalue weighted by Crippen LogP contribution is 2.37. The SMILES string of the molecule is CS(=O)(=O)c1ccc(Nc2nc(N3CCC[C@@H](NC(=O)OCC4CCN(c5ccc6c(c5)C(=O)C(C5CCC(=O)NC5=O)C6=O)CC4)C3)cnc2C(N)=O)cc1. The molecule has 18 heteroatoms. The Kier molecular flexibility index (Phi) is 10.7. The van der Waals surface area contributed by atoms with Crippen molar-refractivity contribution >= 4 is 68.2 Å². The molecular weight excluding hydrogens is 745 g/mol. The average Bonchev–Trinajstić information content (AvgIpc) is 3.42. The first-order valence-electron chi connectivity index (χ1n) is 18.5. The summed E-state index contributed by atoms with van der Waals surface area (Å²) in [5.41, 5.74) is 7.36. The number of carbonyl (C=O) groups excluding carboxylic acids is 6. The van der Waals surface area contributed by atoms with Crippen molar-refractivity contribution in [1.82, 2.24) is 20.6 Å². The number of benzene rings is 2. The second kappa shape index (κ2) is 15.7. The maximum absolute atomic E-state index is 13.3. The van der Waals surface area contributed by atoms with Gasteiger partial charge in [-0.25, -0.2) is 23.2 Å². The normalized spacial score (nSPS) is 21.7. The molecule has 56 heavy (non-hydrogen) atoms. The zero-order chi connectivity index (χ0) is 39.7. The molecule has 4 amide bonds. The van der Waals surface area contributed by atoms with Crippen molar-refractivity contribution in [2.45, 2.75) is 49.5 Å². The summed E-state index contributed by atoms with van der Waals surface area (Å²) in [5, 5.41) is 8.21. The number of nitrogens with zero attached hydrogens (tertiary/aromatic N) is 4. The number of sulfone groups is 1. The van der Waals surface area contributed by atoms with Gasteiger partial charge < -0.3 is 30.9 Å². The van der Waals surface area contributed by atoms with Crippen molar-refractivity contribution in [3.8, 4) is 0 Å². The Hall–Kier alpha value is -5.91. The van der Waals surface area contributed by atoms with E-state index in [9.17, 15) is 37.2 Å². The van der Waals surface area contributed by atoms with Gasteiger partial charge in [-0.15, -0.1) is 0 Å². The van der Waals surface area contributed by atoms with Gasteiger partial charge in [-0.2, -0.15) is 0 Å². The smallest absolute Gasteiger partial charge is 0.407 e. The number of imide groups is 1. The van der Waals surface area contributed by atoms with Gasteiger partial charge in [-0.3, -0.25) is 29.3 Å². The maximum Gasteiger partial charge on any atom is 0.407 e. The highest BCUT2D eigenvalue weighted by molar-refractivity contribution is 7.90. The summed E-state index contributed by atoms with van der Waals surface area (Å²) in [6.07, 6.45) is 5.24. The standard InChI is InChI=1S/C38H42N8O9S/c1-56(53,54)25-7-4-22(5-8-25)41-36-32(35(39)50)40-18-29(43-36)46-14-2-3-23(19-46)42-38(52)55-20-21-12-15-45(16-13-21)24-6-9-26-28(17-24)34(49)31(33(26)48)27-10-11-30(47)44-37(27)51/h4-9,17-18,21,23,27,31H,2-3,10-16,19-20H2,1H3,(H2,39,50)(H,41,43)(H,42,52)(H,44,47,51)/t23-,27?,31?/m1/s1. The number of alkyl carbamates (subject to hydrolysis) is 1. The molecule has 17 nitrogen and oxygen atoms in total. The number of Topliss-reactive ketones (excluding diaryl/α,β-unsaturated/α-hetero) is 2. The average molecular weight is 787 g/mol. The van der Waals surface area contributed by atoms with Crippen LogP contribution in [0.15, 0.2) is 53.6 Å². The maximum atomic E-state index is 13.3. The van der Waals surface area contributed by atoms with E-state index in [4.69, 9.17) is 10.5 Å². The second-order valence-corrected chi connectivity index (χ2v) is 16.7. The van der Waals surface area contributed by atoms with Gasteiger partial charge in [0.05, 0.1) is 29.5 Å². The largest absolute Gasteiger partial charge is 0.449 e. The molecule has 4 heterocycles. The van der Waals surface area contributed by atoms with E-state index in [1.807, 2.05) is 11.0 Å². The van der Waals surface area contributed by atoms with Crippen LogP contribution >= 0.6 is 0 Å². The number of aromatic nitrogens is 2. The van der Waals surface area contributed by atoms with Gasteiger partial charge in [-0.1, -0.05) is 0 Å². The number of hydrogen-bond donors (Lipinski definition) is 4. The molecule has 3 aromatic rings. The Bertz CT molecular complexity index is 2210. The highest BCUT2D eigenvalue weighted by Gasteiger charge is 2.47. The van der Waals surface area contributed by atoms with Crippen molar-refractivity contribution in [3.05, 3.63) is 65.5 Å². The summed E-state index contributed by atoms with van der Waals surface area (Å²) in [6.45, 7) is 2.60. The minimum Gasteiger partial charge on any atom is -0.449 e. The van der Waals surface area contributed by atoms with Crippen molar-refractivity contribution in [3.63, 3.8) is 0 Å². The number of carbonyl (C=O) groups is 6. The van der Waals surface area contributed by atoms with E-state index in [0.717, 1.165) is 37.6 Å². The fourth-order valence-corrected chi connectivity index (χ4v) is 8.41. The molecule has 2 unspecified atom stereocenters. The van der Waals surface area contributed by atoms with Crippen LogP contribution < -0.4 is 31.5 Å². The van der Waals surface area contributed by atoms with E-state index < -0.39 is 45.5 Å². The lowest BCUT2D eigenvalue weighted by Crippen LogP contribution is -2.48. The lowest BCUT2D eigenvalue weighted by atomic mass is 9.82. The van der Waals surface area contributed by atoms with E-state index in [2.05, 4.69) is 30.8 Å². The molecule has 4 aliphatic rings. The number of nitrogens with two attached hydrogens (primary N) is 1. The molecule has 5 N–H and O–H groups in total. The van der Waals surface area contributed by atoms with Gasteiger partial charge in [0.25, 0.3) is 5.91 Å². The Morgan fingerprint density at radius 2 is 1.68 bits per heavy atom. The Labute approximate surface area is 322 Å². The van der Waals surface area contributed by atoms with Gasteiger partial charge in [0, 0.05) is 67.4 Å². The minimum atomic E-state index is -3.39. The van der Waals surface area contributed by atoms with E-state index in [0.29, 0.717) is 48.8 Å². The number of anilines is 4. The van der Waals surface area contributed by atoms with E-state index in [1.165, 1.54) is 18.3 Å². The molecule has 3 fully saturated rings. The molecule has 0 bridgehead atoms. The number of piperidine rings is 3. The lowest BCUT2D eigenvalue weighted by molar-refractivity contribution is -0.137. The van der Waals surface area contributed by atoms with Crippen LogP contribution in [0.5, 0.6) is 0 Å². The van der Waals surface area contributed by atoms with Crippen LogP contribution in [0.3, 0.4) is 0 Å². The molecule has 1 aromatic heterocycles. The molecule has 3 atom stereocenters. The number of fused-ring (bicyclic) bond motifs is 1. The number of ketones is 2. The third-order valence-electron chi connectivity index (χ3n) is 10.8. The van der Waals surface area contributed by atoms with Gasteiger partial charge in [0.15, 0.2) is 32.9 Å². The molecule has 0 radical (unpaired) electrons. The number of rotatable bonds is 10. The highest BCUT2D eigenvalue weighted by atomic mass is 32.2. The third-order valence-corrected chi connectivity index (χ3v) is 11.9. The van der Waals surface area contributed by atoms with Crippen LogP contribution in [0.25, 0.3) is 0 Å². The molecule has 7 rings (SSSR count). The minimum absolute atomic E-state index is 0.0823. The van der Waals surface area contributed by atoms with Crippen molar-refractivity contribution in [2.75, 3.05) is 54.2 Å². The van der Waals surface area contributed by atoms with Crippen molar-refractivity contribution in [2.24, 2.45) is 23.5 Å². The first-order chi connectivity index (χ1) is 26.7. The van der Waals surface area contributed by atoms with E-state index >= 15 is 0 Å². The monoisotopic (exact) mass is 786 g/mol. The number of primary amides is 1. The first-order valence-corrected chi connectivity index (χ1v) is 20.4. The van der Waals surface area contributed by atoms with Crippen LogP contribution in [0.1, 0.15) is 69.7 Å². The number of amides is 4. The predicted octanol–water partition coefficient (Wildman–Crippen LogP) is 2.38. The Morgan fingerprint density at radius 1 is 0.946 bits per heavy atom. The number of nitrogens with one attached hydrogen (secondary N) is 3. The van der Waals surface area contributed by atoms with Gasteiger partial charge in [0.2, 0.25) is 11.8 Å². The molecule has 2 aromatic carbocycles. The molecular formula is C38H42N8O9S. The first kappa shape index (κ1) is 38.4. The van der Waals surface area contributed by atoms with Crippen LogP contribution in [0, 0.1) is 17.8 Å². The molecule has 3 saturated heterocycles. The molecule has 0 spiro atoms. The summed E-state index contributed by atoms with van der Waals surface area (Å²) in [6, 6.07) is 10.9. The topological polar surface area (TPSA) is 240 Å². The summed E-state index contributed by atoms with van der Waals surface area (Å²) in [4.78, 5) is 88.6. The van der Waals surface area contributed by atoms with Gasteiger partial charge >= 0.3 is 6.09 Å². The van der Waals surface area contributed by atoms with Gasteiger partial charge in [-0.05, 0) is 80.5 Å². The van der Waals surface area contributed by atoms with E-state index in [-0.39, 0.29) is 59.4 Å². The predicted molar refractivity (Wildman–Crippen MR) is 203 cm³/mol. The summed E-state index contributed by atoms with van der Waals surface area (Å²) in [5.74, 6) is -3.80. The quantitative estimate of drug-likeness (QED) is 0.171. The fraction of sp³-hybridized carbons (Fsp3) is 0.421. The van der Waals surface area contributed by atoms with Crippen molar-refractivity contribution < 1.29 is 41.9 Å². The fourth-order valence-electron chi connectivity index (χ4n) is 7.78. The summed E-state index contributed by atoms with van der Waals surface area (Å²) in [7, 11) is -3.39. The van der Waals surface area contributed by atoms with Crippen LogP contribution in [0.2, 0.25) is 0 Å². The molecule has 0 saturated carbocycles. The molecule has 3 aliphatic heterocycles. The molecule has 294 valence electrons. The summed E-state index contributed by atoms with van der Waals surface area (Å²) < 4.78 is 29.3. The Balaban J connectivity index is 0.895. The lowest BCUT2D eigenvalue weighted by Gasteiger charge is -2.34. The van der Waals surface area contributed by atoms with Crippen LogP contribution in [-0.4, -0.2) is 98.9 Å². The third kappa shape index (κ3) is 8.19. The Morgan fingerprint density at radius 3 is 2.38 bits per heavy atom. The number of hydrogen-bond acceptors (Lipinski definition) is 14. The second-order valence-electron chi connectivity index (χ2n) is 14.7. The molecule has 1 aliphatic carbocycles. The van der Waals surface area contributed by atoms with E-state index in [1.54, 1.807) is 24.3 Å².